The molecule has 0 bridgehead atoms. The van der Waals surface area contributed by atoms with Crippen molar-refractivity contribution in [2.24, 2.45) is 22.0 Å². The van der Waals surface area contributed by atoms with Crippen LogP contribution in [0, 0.1) is 16.2 Å². The molecule has 2 atom stereocenters. The number of hydrogen-bond acceptors (Lipinski definition) is 2. The summed E-state index contributed by atoms with van der Waals surface area (Å²) in [5.74, 6) is 0. The van der Waals surface area contributed by atoms with E-state index in [9.17, 15) is 5.11 Å². The minimum atomic E-state index is -0.243. The van der Waals surface area contributed by atoms with Gasteiger partial charge in [-0.3, -0.25) is 0 Å². The average molecular weight is 227 g/mol. The molecule has 1 saturated carbocycles. The fourth-order valence-electron chi connectivity index (χ4n) is 2.87. The van der Waals surface area contributed by atoms with Gasteiger partial charge in [0.15, 0.2) is 0 Å². The first-order valence-corrected chi connectivity index (χ1v) is 6.51. The first kappa shape index (κ1) is 14.0. The lowest BCUT2D eigenvalue weighted by Gasteiger charge is -2.37. The number of rotatable bonds is 3. The smallest absolute Gasteiger partial charge is 0.0659 e. The Labute approximate surface area is 101 Å². The van der Waals surface area contributed by atoms with Gasteiger partial charge in [0.25, 0.3) is 0 Å². The SMILES string of the molecule is CC(C)(C)CCC1(CN)CCC(C)(C)C1O. The van der Waals surface area contributed by atoms with Crippen molar-refractivity contribution >= 4 is 0 Å². The summed E-state index contributed by atoms with van der Waals surface area (Å²) in [6, 6.07) is 0. The van der Waals surface area contributed by atoms with E-state index in [-0.39, 0.29) is 16.9 Å². The first-order valence-electron chi connectivity index (χ1n) is 6.51. The topological polar surface area (TPSA) is 46.2 Å². The van der Waals surface area contributed by atoms with Crippen molar-refractivity contribution in [3.63, 3.8) is 0 Å². The molecule has 0 aromatic heterocycles. The van der Waals surface area contributed by atoms with Gasteiger partial charge >= 0.3 is 0 Å². The van der Waals surface area contributed by atoms with Gasteiger partial charge in [-0.2, -0.15) is 0 Å². The van der Waals surface area contributed by atoms with Crippen molar-refractivity contribution in [3.8, 4) is 0 Å². The van der Waals surface area contributed by atoms with Crippen LogP contribution in [0.15, 0.2) is 0 Å². The molecule has 0 amide bonds. The Morgan fingerprint density at radius 2 is 1.81 bits per heavy atom. The summed E-state index contributed by atoms with van der Waals surface area (Å²) in [7, 11) is 0. The highest BCUT2D eigenvalue weighted by atomic mass is 16.3. The van der Waals surface area contributed by atoms with Gasteiger partial charge < -0.3 is 10.8 Å². The van der Waals surface area contributed by atoms with Crippen LogP contribution in [0.3, 0.4) is 0 Å². The van der Waals surface area contributed by atoms with Crippen LogP contribution in [0.2, 0.25) is 0 Å². The molecule has 2 unspecified atom stereocenters. The molecule has 2 nitrogen and oxygen atoms in total. The molecular formula is C14H29NO. The van der Waals surface area contributed by atoms with Crippen molar-refractivity contribution in [3.05, 3.63) is 0 Å². The largest absolute Gasteiger partial charge is 0.392 e. The van der Waals surface area contributed by atoms with Crippen LogP contribution in [0.4, 0.5) is 0 Å². The van der Waals surface area contributed by atoms with Crippen LogP contribution in [0.25, 0.3) is 0 Å². The summed E-state index contributed by atoms with van der Waals surface area (Å²) in [5.41, 5.74) is 6.29. The lowest BCUT2D eigenvalue weighted by atomic mass is 9.72. The number of aliphatic hydroxyl groups is 1. The van der Waals surface area contributed by atoms with Gasteiger partial charge in [0.05, 0.1) is 6.10 Å². The summed E-state index contributed by atoms with van der Waals surface area (Å²) in [4.78, 5) is 0. The van der Waals surface area contributed by atoms with E-state index in [1.54, 1.807) is 0 Å². The fourth-order valence-corrected chi connectivity index (χ4v) is 2.87. The molecule has 2 heteroatoms. The lowest BCUT2D eigenvalue weighted by Crippen LogP contribution is -2.43. The molecular weight excluding hydrogens is 198 g/mol. The third-order valence-corrected chi connectivity index (χ3v) is 4.37. The second-order valence-electron chi connectivity index (χ2n) is 7.52. The second kappa shape index (κ2) is 4.30. The first-order chi connectivity index (χ1) is 7.13. The zero-order chi connectivity index (χ0) is 12.6. The van der Waals surface area contributed by atoms with E-state index in [0.29, 0.717) is 12.0 Å². The summed E-state index contributed by atoms with van der Waals surface area (Å²) in [6.45, 7) is 11.7. The van der Waals surface area contributed by atoms with Crippen molar-refractivity contribution in [1.29, 1.82) is 0 Å². The van der Waals surface area contributed by atoms with E-state index in [2.05, 4.69) is 34.6 Å². The molecule has 0 radical (unpaired) electrons. The Morgan fingerprint density at radius 3 is 2.12 bits per heavy atom. The quantitative estimate of drug-likeness (QED) is 0.778. The number of nitrogens with two attached hydrogens (primary N) is 1. The van der Waals surface area contributed by atoms with Gasteiger partial charge in [-0.25, -0.2) is 0 Å². The fraction of sp³-hybridized carbons (Fsp3) is 1.00. The Bertz CT molecular complexity index is 242. The Hall–Kier alpha value is -0.0800. The maximum atomic E-state index is 10.5. The van der Waals surface area contributed by atoms with Crippen molar-refractivity contribution in [2.45, 2.75) is 66.4 Å². The highest BCUT2D eigenvalue weighted by Crippen LogP contribution is 2.52. The van der Waals surface area contributed by atoms with E-state index in [1.807, 2.05) is 0 Å². The van der Waals surface area contributed by atoms with E-state index in [4.69, 9.17) is 5.73 Å². The Balaban J connectivity index is 2.73. The van der Waals surface area contributed by atoms with Crippen LogP contribution in [-0.4, -0.2) is 17.8 Å². The number of aliphatic hydroxyl groups excluding tert-OH is 1. The van der Waals surface area contributed by atoms with Gasteiger partial charge in [-0.1, -0.05) is 34.6 Å². The summed E-state index contributed by atoms with van der Waals surface area (Å²) in [5, 5.41) is 10.5. The predicted molar refractivity (Wildman–Crippen MR) is 69.2 cm³/mol. The van der Waals surface area contributed by atoms with E-state index < -0.39 is 0 Å². The molecule has 96 valence electrons. The molecule has 0 aromatic rings. The molecule has 0 aliphatic heterocycles. The number of hydrogen-bond donors (Lipinski definition) is 2. The molecule has 0 heterocycles. The van der Waals surface area contributed by atoms with E-state index >= 15 is 0 Å². The zero-order valence-corrected chi connectivity index (χ0v) is 11.6. The highest BCUT2D eigenvalue weighted by molar-refractivity contribution is 5.02. The summed E-state index contributed by atoms with van der Waals surface area (Å²) in [6.07, 6.45) is 4.12. The summed E-state index contributed by atoms with van der Waals surface area (Å²) < 4.78 is 0. The normalized spacial score (nSPS) is 34.3. The van der Waals surface area contributed by atoms with Crippen LogP contribution in [0.1, 0.15) is 60.3 Å². The molecule has 16 heavy (non-hydrogen) atoms. The average Bonchev–Trinajstić information content (AvgIpc) is 2.38. The third-order valence-electron chi connectivity index (χ3n) is 4.37. The monoisotopic (exact) mass is 227 g/mol. The molecule has 1 aliphatic rings. The van der Waals surface area contributed by atoms with Crippen molar-refractivity contribution in [1.82, 2.24) is 0 Å². The Kier molecular flexibility index (Phi) is 3.76. The maximum Gasteiger partial charge on any atom is 0.0659 e. The van der Waals surface area contributed by atoms with E-state index in [1.165, 1.54) is 0 Å². The van der Waals surface area contributed by atoms with Gasteiger partial charge in [0.2, 0.25) is 0 Å². The Morgan fingerprint density at radius 1 is 1.25 bits per heavy atom. The third kappa shape index (κ3) is 2.78. The molecule has 0 spiro atoms. The summed E-state index contributed by atoms with van der Waals surface area (Å²) >= 11 is 0. The molecule has 3 N–H and O–H groups in total. The van der Waals surface area contributed by atoms with Crippen molar-refractivity contribution < 1.29 is 5.11 Å². The molecule has 1 rings (SSSR count). The molecule has 1 aliphatic carbocycles. The zero-order valence-electron chi connectivity index (χ0n) is 11.6. The lowest BCUT2D eigenvalue weighted by molar-refractivity contribution is -0.0138. The van der Waals surface area contributed by atoms with Gasteiger partial charge in [0.1, 0.15) is 0 Å². The maximum absolute atomic E-state index is 10.5. The van der Waals surface area contributed by atoms with Crippen LogP contribution in [0.5, 0.6) is 0 Å². The van der Waals surface area contributed by atoms with Gasteiger partial charge in [0, 0.05) is 12.0 Å². The van der Waals surface area contributed by atoms with Gasteiger partial charge in [-0.05, 0) is 36.5 Å². The predicted octanol–water partition coefficient (Wildman–Crippen LogP) is 2.94. The second-order valence-corrected chi connectivity index (χ2v) is 7.52. The minimum Gasteiger partial charge on any atom is -0.392 e. The van der Waals surface area contributed by atoms with Gasteiger partial charge in [-0.15, -0.1) is 0 Å². The molecule has 0 aromatic carbocycles. The van der Waals surface area contributed by atoms with Crippen LogP contribution in [-0.2, 0) is 0 Å². The minimum absolute atomic E-state index is 0.0310. The van der Waals surface area contributed by atoms with Crippen LogP contribution < -0.4 is 5.73 Å². The molecule has 0 saturated heterocycles. The van der Waals surface area contributed by atoms with Crippen molar-refractivity contribution in [2.75, 3.05) is 6.54 Å². The highest BCUT2D eigenvalue weighted by Gasteiger charge is 2.50. The molecule has 1 fully saturated rings. The van der Waals surface area contributed by atoms with Crippen LogP contribution >= 0.6 is 0 Å². The van der Waals surface area contributed by atoms with E-state index in [0.717, 1.165) is 25.7 Å². The standard InChI is InChI=1S/C14H29NO/c1-12(2,3)6-8-14(10-15)9-7-13(4,5)11(14)16/h11,16H,6-10,15H2,1-5H3.